The SMILES string of the molecule is CC[C@@H]1[C@@H]2CN(C(=O)[C@H](C3(C)COC3)NC(=O)O[C@@H]3CC4CC4[C@H]3CCCCCc3nc4ccc(OC)cc4nc3O2)[C@@H]1C(C)=O. The van der Waals surface area contributed by atoms with E-state index in [1.54, 1.807) is 12.0 Å². The topological polar surface area (TPSA) is 129 Å². The van der Waals surface area contributed by atoms with E-state index >= 15 is 0 Å². The van der Waals surface area contributed by atoms with Crippen molar-refractivity contribution in [2.75, 3.05) is 26.9 Å². The van der Waals surface area contributed by atoms with Crippen LogP contribution in [0.15, 0.2) is 18.2 Å². The van der Waals surface area contributed by atoms with Gasteiger partial charge in [0.25, 0.3) is 0 Å². The number of aryl methyl sites for hydroxylation is 1. The van der Waals surface area contributed by atoms with Crippen LogP contribution in [-0.2, 0) is 25.5 Å². The smallest absolute Gasteiger partial charge is 0.408 e. The average Bonchev–Trinajstić information content (AvgIpc) is 3.56. The standard InChI is InChI=1S/C35H46N4O7/c1-5-22-29-16-39(30(22)19(2)40)33(41)31(35(3)17-44-18-35)38-34(42)46-28-14-20-13-24(20)23(28)9-7-6-8-10-26-32(45-29)37-27-15-21(43-4)11-12-25(27)36-26/h11-12,15,20,22-24,28-31H,5-10,13-14,16-18H2,1-4H3,(H,38,42)/t20?,22-,23-,24?,28-,29+,30-,31-/m1/s1. The van der Waals surface area contributed by atoms with E-state index in [0.717, 1.165) is 43.3 Å². The molecule has 11 heteroatoms. The van der Waals surface area contributed by atoms with Crippen molar-refractivity contribution in [3.05, 3.63) is 23.9 Å². The minimum Gasteiger partial charge on any atom is -0.497 e. The lowest BCUT2D eigenvalue weighted by molar-refractivity contribution is -0.158. The Morgan fingerprint density at radius 3 is 2.61 bits per heavy atom. The van der Waals surface area contributed by atoms with Gasteiger partial charge in [-0.25, -0.2) is 14.8 Å². The van der Waals surface area contributed by atoms with Crippen LogP contribution in [0.5, 0.6) is 11.6 Å². The minimum atomic E-state index is -0.899. The first-order valence-corrected chi connectivity index (χ1v) is 17.1. The number of Topliss-reactive ketones (excluding diaryl/α,β-unsaturated/α-hetero) is 1. The molecule has 2 bridgehead atoms. The molecule has 1 aromatic carbocycles. The summed E-state index contributed by atoms with van der Waals surface area (Å²) in [5.74, 6) is 2.01. The van der Waals surface area contributed by atoms with Crippen LogP contribution in [-0.4, -0.2) is 83.8 Å². The maximum Gasteiger partial charge on any atom is 0.408 e. The van der Waals surface area contributed by atoms with Crippen molar-refractivity contribution in [1.29, 1.82) is 0 Å². The molecular formula is C35H46N4O7. The maximum atomic E-state index is 14.5. The van der Waals surface area contributed by atoms with Crippen LogP contribution in [0.1, 0.15) is 71.4 Å². The normalized spacial score (nSPS) is 34.0. The fraction of sp³-hybridized carbons (Fsp3) is 0.686. The molecule has 3 aliphatic heterocycles. The second-order valence-corrected chi connectivity index (χ2v) is 14.4. The predicted molar refractivity (Wildman–Crippen MR) is 168 cm³/mol. The molecule has 2 saturated heterocycles. The summed E-state index contributed by atoms with van der Waals surface area (Å²) in [5.41, 5.74) is 1.59. The molecule has 46 heavy (non-hydrogen) atoms. The summed E-state index contributed by atoms with van der Waals surface area (Å²) >= 11 is 0. The summed E-state index contributed by atoms with van der Waals surface area (Å²) in [6.45, 7) is 6.32. The number of amides is 2. The highest BCUT2D eigenvalue weighted by Crippen LogP contribution is 2.57. The minimum absolute atomic E-state index is 0.115. The largest absolute Gasteiger partial charge is 0.497 e. The monoisotopic (exact) mass is 634 g/mol. The number of nitrogens with one attached hydrogen (secondary N) is 1. The number of nitrogens with zero attached hydrogens (tertiary/aromatic N) is 3. The maximum absolute atomic E-state index is 14.5. The van der Waals surface area contributed by atoms with Crippen LogP contribution in [0.4, 0.5) is 4.79 Å². The molecule has 1 aromatic heterocycles. The number of fused-ring (bicyclic) bond motifs is 7. The number of alkyl carbamates (subject to hydrolysis) is 1. The van der Waals surface area contributed by atoms with Gasteiger partial charge in [0, 0.05) is 17.4 Å². The predicted octanol–water partition coefficient (Wildman–Crippen LogP) is 4.48. The lowest BCUT2D eigenvalue weighted by Crippen LogP contribution is -2.64. The number of carbonyl (C=O) groups excluding carboxylic acids is 3. The van der Waals surface area contributed by atoms with E-state index in [4.69, 9.17) is 28.9 Å². The number of methoxy groups -OCH3 is 1. The van der Waals surface area contributed by atoms with E-state index in [1.165, 1.54) is 13.3 Å². The van der Waals surface area contributed by atoms with E-state index in [0.29, 0.717) is 61.0 Å². The molecule has 11 nitrogen and oxygen atoms in total. The van der Waals surface area contributed by atoms with E-state index in [2.05, 4.69) is 5.32 Å². The van der Waals surface area contributed by atoms with E-state index < -0.39 is 29.7 Å². The Kier molecular flexibility index (Phi) is 8.32. The second kappa shape index (κ2) is 12.3. The number of aromatic nitrogens is 2. The van der Waals surface area contributed by atoms with Crippen molar-refractivity contribution < 1.29 is 33.3 Å². The molecule has 4 heterocycles. The van der Waals surface area contributed by atoms with Gasteiger partial charge in [-0.05, 0) is 75.3 Å². The number of hydrogen-bond donors (Lipinski definition) is 1. The Morgan fingerprint density at radius 1 is 1.07 bits per heavy atom. The van der Waals surface area contributed by atoms with E-state index in [1.807, 2.05) is 32.0 Å². The molecular weight excluding hydrogens is 588 g/mol. The zero-order chi connectivity index (χ0) is 32.2. The first kappa shape index (κ1) is 31.1. The third kappa shape index (κ3) is 5.69. The third-order valence-electron chi connectivity index (χ3n) is 11.3. The molecule has 2 aliphatic carbocycles. The molecule has 2 aromatic rings. The molecule has 0 spiro atoms. The molecule has 0 radical (unpaired) electrons. The van der Waals surface area contributed by atoms with Gasteiger partial charge >= 0.3 is 6.09 Å². The van der Waals surface area contributed by atoms with Crippen LogP contribution in [0.3, 0.4) is 0 Å². The summed E-state index contributed by atoms with van der Waals surface area (Å²) in [7, 11) is 1.62. The van der Waals surface area contributed by atoms with Crippen molar-refractivity contribution in [3.8, 4) is 11.6 Å². The van der Waals surface area contributed by atoms with Crippen molar-refractivity contribution in [2.45, 2.75) is 96.4 Å². The van der Waals surface area contributed by atoms with Crippen molar-refractivity contribution in [2.24, 2.45) is 29.1 Å². The summed E-state index contributed by atoms with van der Waals surface area (Å²) in [4.78, 5) is 52.7. The van der Waals surface area contributed by atoms with Crippen LogP contribution >= 0.6 is 0 Å². The lowest BCUT2D eigenvalue weighted by Gasteiger charge is -2.45. The number of benzene rings is 1. The van der Waals surface area contributed by atoms with Gasteiger partial charge in [-0.2, -0.15) is 0 Å². The van der Waals surface area contributed by atoms with Gasteiger partial charge < -0.3 is 29.2 Å². The fourth-order valence-corrected chi connectivity index (χ4v) is 8.60. The molecule has 248 valence electrons. The summed E-state index contributed by atoms with van der Waals surface area (Å²) < 4.78 is 23.8. The number of carbonyl (C=O) groups is 3. The quantitative estimate of drug-likeness (QED) is 0.518. The molecule has 8 atom stereocenters. The van der Waals surface area contributed by atoms with Gasteiger partial charge in [0.1, 0.15) is 29.7 Å². The van der Waals surface area contributed by atoms with Crippen LogP contribution < -0.4 is 14.8 Å². The molecule has 2 saturated carbocycles. The van der Waals surface area contributed by atoms with Crippen LogP contribution in [0.25, 0.3) is 11.0 Å². The van der Waals surface area contributed by atoms with Gasteiger partial charge in [0.05, 0.1) is 43.9 Å². The molecule has 1 N–H and O–H groups in total. The molecule has 2 unspecified atom stereocenters. The highest BCUT2D eigenvalue weighted by molar-refractivity contribution is 5.93. The Hall–Kier alpha value is -3.47. The van der Waals surface area contributed by atoms with E-state index in [9.17, 15) is 14.4 Å². The lowest BCUT2D eigenvalue weighted by atomic mass is 9.79. The summed E-state index contributed by atoms with van der Waals surface area (Å²) in [6, 6.07) is 4.04. The summed E-state index contributed by atoms with van der Waals surface area (Å²) in [6.07, 6.45) is 6.22. The van der Waals surface area contributed by atoms with Crippen molar-refractivity contribution in [1.82, 2.24) is 20.2 Å². The zero-order valence-electron chi connectivity index (χ0n) is 27.3. The Bertz CT molecular complexity index is 1510. The highest BCUT2D eigenvalue weighted by Gasteiger charge is 2.56. The van der Waals surface area contributed by atoms with Crippen LogP contribution in [0.2, 0.25) is 0 Å². The number of ether oxygens (including phenoxy) is 4. The van der Waals surface area contributed by atoms with Gasteiger partial charge in [-0.15, -0.1) is 0 Å². The molecule has 7 rings (SSSR count). The summed E-state index contributed by atoms with van der Waals surface area (Å²) in [5, 5.41) is 2.96. The fourth-order valence-electron chi connectivity index (χ4n) is 8.60. The van der Waals surface area contributed by atoms with Crippen molar-refractivity contribution >= 4 is 28.8 Å². The first-order chi connectivity index (χ1) is 22.2. The molecule has 5 aliphatic rings. The van der Waals surface area contributed by atoms with Crippen molar-refractivity contribution in [3.63, 3.8) is 0 Å². The average molecular weight is 635 g/mol. The Labute approximate surface area is 270 Å². The molecule has 2 amide bonds. The van der Waals surface area contributed by atoms with Gasteiger partial charge in [-0.3, -0.25) is 9.59 Å². The van der Waals surface area contributed by atoms with Gasteiger partial charge in [0.2, 0.25) is 11.8 Å². The Balaban J connectivity index is 1.25. The van der Waals surface area contributed by atoms with Gasteiger partial charge in [-0.1, -0.05) is 26.7 Å². The highest BCUT2D eigenvalue weighted by atomic mass is 16.6. The second-order valence-electron chi connectivity index (χ2n) is 14.4. The van der Waals surface area contributed by atoms with Gasteiger partial charge in [0.15, 0.2) is 5.78 Å². The molecule has 4 fully saturated rings. The first-order valence-electron chi connectivity index (χ1n) is 17.1. The van der Waals surface area contributed by atoms with Crippen LogP contribution in [0, 0.1) is 29.1 Å². The Morgan fingerprint density at radius 2 is 1.89 bits per heavy atom. The zero-order valence-corrected chi connectivity index (χ0v) is 27.3. The number of ketones is 1. The van der Waals surface area contributed by atoms with E-state index in [-0.39, 0.29) is 30.3 Å². The number of rotatable bonds is 4. The third-order valence-corrected chi connectivity index (χ3v) is 11.3. The number of hydrogen-bond acceptors (Lipinski definition) is 9.